The standard InChI is InChI=1S/C21H27NO5S/c23-20(14-27-21(24)13-18-12-15-3-4-17(18)11-15)16-5-7-19(8-6-16)28(25,26)22-9-1-2-10-22/h5-8,15,17-18H,1-4,9-14H2/t15-,17+,18+/m0/s1. The molecule has 1 saturated heterocycles. The average Bonchev–Trinajstić information content (AvgIpc) is 3.44. The summed E-state index contributed by atoms with van der Waals surface area (Å²) in [6.45, 7) is 0.793. The molecule has 0 spiro atoms. The van der Waals surface area contributed by atoms with Crippen molar-refractivity contribution in [2.75, 3.05) is 19.7 Å². The molecule has 2 bridgehead atoms. The summed E-state index contributed by atoms with van der Waals surface area (Å²) in [5.74, 6) is 1.22. The topological polar surface area (TPSA) is 80.8 Å². The Balaban J connectivity index is 1.29. The van der Waals surface area contributed by atoms with Crippen LogP contribution in [0.3, 0.4) is 0 Å². The highest BCUT2D eigenvalue weighted by molar-refractivity contribution is 7.89. The van der Waals surface area contributed by atoms with Gasteiger partial charge >= 0.3 is 5.97 Å². The van der Waals surface area contributed by atoms with E-state index in [0.29, 0.717) is 36.9 Å². The van der Waals surface area contributed by atoms with E-state index in [1.54, 1.807) is 0 Å². The van der Waals surface area contributed by atoms with Gasteiger partial charge in [0.25, 0.3) is 0 Å². The molecule has 1 aromatic carbocycles. The van der Waals surface area contributed by atoms with Crippen LogP contribution in [0.5, 0.6) is 0 Å². The molecule has 3 aliphatic rings. The summed E-state index contributed by atoms with van der Waals surface area (Å²) in [5, 5.41) is 0. The van der Waals surface area contributed by atoms with E-state index in [0.717, 1.165) is 25.2 Å². The third-order valence-corrected chi connectivity index (χ3v) is 8.47. The van der Waals surface area contributed by atoms with Gasteiger partial charge in [-0.15, -0.1) is 0 Å². The molecule has 1 aromatic rings. The van der Waals surface area contributed by atoms with Crippen molar-refractivity contribution in [1.82, 2.24) is 4.31 Å². The lowest BCUT2D eigenvalue weighted by Crippen LogP contribution is -2.27. The normalized spacial score (nSPS) is 27.2. The van der Waals surface area contributed by atoms with E-state index in [2.05, 4.69) is 0 Å². The van der Waals surface area contributed by atoms with Crippen molar-refractivity contribution in [3.05, 3.63) is 29.8 Å². The summed E-state index contributed by atoms with van der Waals surface area (Å²) in [5.41, 5.74) is 0.355. The van der Waals surface area contributed by atoms with E-state index in [-0.39, 0.29) is 23.3 Å². The van der Waals surface area contributed by atoms with Crippen LogP contribution in [0.2, 0.25) is 0 Å². The molecule has 0 N–H and O–H groups in total. The van der Waals surface area contributed by atoms with Gasteiger partial charge in [-0.3, -0.25) is 9.59 Å². The quantitative estimate of drug-likeness (QED) is 0.514. The molecule has 4 rings (SSSR count). The first-order valence-electron chi connectivity index (χ1n) is 10.2. The molecule has 0 aromatic heterocycles. The summed E-state index contributed by atoms with van der Waals surface area (Å²) in [7, 11) is -3.49. The third kappa shape index (κ3) is 4.01. The Morgan fingerprint density at radius 3 is 2.36 bits per heavy atom. The molecule has 1 heterocycles. The number of fused-ring (bicyclic) bond motifs is 2. The SMILES string of the molecule is O=C(C[C@H]1C[C@H]2CC[C@@H]1C2)OCC(=O)c1ccc(S(=O)(=O)N2CCCC2)cc1. The summed E-state index contributed by atoms with van der Waals surface area (Å²) in [6.07, 6.45) is 7.02. The van der Waals surface area contributed by atoms with Crippen molar-refractivity contribution in [2.45, 2.75) is 49.8 Å². The van der Waals surface area contributed by atoms with Crippen molar-refractivity contribution in [3.63, 3.8) is 0 Å². The molecule has 7 heteroatoms. The molecule has 2 aliphatic carbocycles. The Bertz CT molecular complexity index is 842. The van der Waals surface area contributed by atoms with E-state index in [1.165, 1.54) is 47.8 Å². The number of Topliss-reactive ketones (excluding diaryl/α,β-unsaturated/α-hetero) is 1. The minimum absolute atomic E-state index is 0.194. The minimum Gasteiger partial charge on any atom is -0.457 e. The Morgan fingerprint density at radius 1 is 1.04 bits per heavy atom. The number of hydrogen-bond acceptors (Lipinski definition) is 5. The number of rotatable bonds is 7. The summed E-state index contributed by atoms with van der Waals surface area (Å²) < 4.78 is 31.7. The molecule has 1 aliphatic heterocycles. The Hall–Kier alpha value is -1.73. The van der Waals surface area contributed by atoms with Gasteiger partial charge in [0.2, 0.25) is 10.0 Å². The van der Waals surface area contributed by atoms with Crippen LogP contribution in [-0.4, -0.2) is 44.2 Å². The molecule has 0 unspecified atom stereocenters. The fraction of sp³-hybridized carbons (Fsp3) is 0.619. The highest BCUT2D eigenvalue weighted by Gasteiger charge is 2.40. The molecule has 6 nitrogen and oxygen atoms in total. The summed E-state index contributed by atoms with van der Waals surface area (Å²) >= 11 is 0. The van der Waals surface area contributed by atoms with Gasteiger partial charge in [0.05, 0.1) is 4.90 Å². The van der Waals surface area contributed by atoms with Crippen molar-refractivity contribution < 1.29 is 22.7 Å². The summed E-state index contributed by atoms with van der Waals surface area (Å²) in [6, 6.07) is 5.90. The molecule has 28 heavy (non-hydrogen) atoms. The van der Waals surface area contributed by atoms with Crippen LogP contribution in [-0.2, 0) is 19.6 Å². The molecule has 0 radical (unpaired) electrons. The highest BCUT2D eigenvalue weighted by Crippen LogP contribution is 2.49. The highest BCUT2D eigenvalue weighted by atomic mass is 32.2. The monoisotopic (exact) mass is 405 g/mol. The molecule has 0 amide bonds. The lowest BCUT2D eigenvalue weighted by atomic mass is 9.86. The fourth-order valence-electron chi connectivity index (χ4n) is 5.02. The number of nitrogens with zero attached hydrogens (tertiary/aromatic N) is 1. The van der Waals surface area contributed by atoms with E-state index in [4.69, 9.17) is 4.74 Å². The maximum absolute atomic E-state index is 12.5. The summed E-state index contributed by atoms with van der Waals surface area (Å²) in [4.78, 5) is 24.6. The van der Waals surface area contributed by atoms with Crippen LogP contribution >= 0.6 is 0 Å². The predicted molar refractivity (Wildman–Crippen MR) is 103 cm³/mol. The van der Waals surface area contributed by atoms with Crippen LogP contribution in [0.15, 0.2) is 29.2 Å². The maximum Gasteiger partial charge on any atom is 0.306 e. The first-order chi connectivity index (χ1) is 13.4. The number of carbonyl (C=O) groups is 2. The van der Waals surface area contributed by atoms with Gasteiger partial charge in [-0.25, -0.2) is 8.42 Å². The number of benzene rings is 1. The first-order valence-corrected chi connectivity index (χ1v) is 11.7. The Labute approximate surface area is 166 Å². The van der Waals surface area contributed by atoms with Crippen LogP contribution in [0.1, 0.15) is 55.3 Å². The van der Waals surface area contributed by atoms with E-state index >= 15 is 0 Å². The average molecular weight is 406 g/mol. The van der Waals surface area contributed by atoms with E-state index in [1.807, 2.05) is 0 Å². The third-order valence-electron chi connectivity index (χ3n) is 6.56. The first kappa shape index (κ1) is 19.6. The zero-order valence-corrected chi connectivity index (χ0v) is 16.8. The van der Waals surface area contributed by atoms with Gasteiger partial charge in [-0.2, -0.15) is 4.31 Å². The number of ketones is 1. The largest absolute Gasteiger partial charge is 0.457 e. The number of sulfonamides is 1. The maximum atomic E-state index is 12.5. The second kappa shape index (κ2) is 7.95. The predicted octanol–water partition coefficient (Wildman–Crippen LogP) is 3.02. The van der Waals surface area contributed by atoms with Crippen LogP contribution < -0.4 is 0 Å². The number of ether oxygens (including phenoxy) is 1. The Morgan fingerprint density at radius 2 is 1.75 bits per heavy atom. The van der Waals surface area contributed by atoms with Crippen molar-refractivity contribution in [1.29, 1.82) is 0 Å². The van der Waals surface area contributed by atoms with Gasteiger partial charge in [-0.1, -0.05) is 6.42 Å². The van der Waals surface area contributed by atoms with E-state index in [9.17, 15) is 18.0 Å². The molecule has 152 valence electrons. The van der Waals surface area contributed by atoms with E-state index < -0.39 is 10.0 Å². The zero-order valence-electron chi connectivity index (χ0n) is 16.0. The number of hydrogen-bond donors (Lipinski definition) is 0. The molecule has 3 atom stereocenters. The lowest BCUT2D eigenvalue weighted by molar-refractivity contribution is -0.144. The molecule has 3 fully saturated rings. The van der Waals surface area contributed by atoms with Crippen molar-refractivity contribution in [3.8, 4) is 0 Å². The minimum atomic E-state index is -3.49. The Kier molecular flexibility index (Phi) is 5.56. The van der Waals surface area contributed by atoms with Crippen molar-refractivity contribution >= 4 is 21.8 Å². The van der Waals surface area contributed by atoms with Gasteiger partial charge in [0.1, 0.15) is 0 Å². The molecular formula is C21H27NO5S. The van der Waals surface area contributed by atoms with Crippen LogP contribution in [0.4, 0.5) is 0 Å². The van der Waals surface area contributed by atoms with Crippen LogP contribution in [0, 0.1) is 17.8 Å². The molecule has 2 saturated carbocycles. The van der Waals surface area contributed by atoms with Gasteiger partial charge in [0.15, 0.2) is 12.4 Å². The van der Waals surface area contributed by atoms with Crippen molar-refractivity contribution in [2.24, 2.45) is 17.8 Å². The van der Waals surface area contributed by atoms with Gasteiger partial charge in [0, 0.05) is 25.1 Å². The van der Waals surface area contributed by atoms with Gasteiger partial charge in [-0.05, 0) is 74.1 Å². The lowest BCUT2D eigenvalue weighted by Gasteiger charge is -2.20. The number of carbonyl (C=O) groups excluding carboxylic acids is 2. The smallest absolute Gasteiger partial charge is 0.306 e. The second-order valence-electron chi connectivity index (χ2n) is 8.36. The van der Waals surface area contributed by atoms with Crippen LogP contribution in [0.25, 0.3) is 0 Å². The number of esters is 1. The fourth-order valence-corrected chi connectivity index (χ4v) is 6.54. The van der Waals surface area contributed by atoms with Gasteiger partial charge < -0.3 is 4.74 Å². The molecular weight excluding hydrogens is 378 g/mol. The zero-order chi connectivity index (χ0) is 19.7. The second-order valence-corrected chi connectivity index (χ2v) is 10.3.